The molecular weight excluding hydrogens is 232 g/mol. The first-order valence-corrected chi connectivity index (χ1v) is 6.76. The molecule has 1 rings (SSSR count). The molecule has 0 radical (unpaired) electrons. The molecule has 2 atom stereocenters. The SMILES string of the molecule is CCCC(C)(NC(=O)N1CCCC1CC)C(=O)O. The number of hydrogen-bond acceptors (Lipinski definition) is 2. The summed E-state index contributed by atoms with van der Waals surface area (Å²) in [6.45, 7) is 6.27. The van der Waals surface area contributed by atoms with Gasteiger partial charge in [0.15, 0.2) is 0 Å². The van der Waals surface area contributed by atoms with Crippen molar-refractivity contribution in [2.75, 3.05) is 6.54 Å². The molecule has 0 bridgehead atoms. The predicted octanol–water partition coefficient (Wildman–Crippen LogP) is 2.21. The highest BCUT2D eigenvalue weighted by Crippen LogP contribution is 2.21. The molecular formula is C13H24N2O3. The van der Waals surface area contributed by atoms with E-state index in [2.05, 4.69) is 12.2 Å². The second-order valence-electron chi connectivity index (χ2n) is 5.22. The molecule has 104 valence electrons. The molecule has 0 aromatic carbocycles. The van der Waals surface area contributed by atoms with E-state index in [-0.39, 0.29) is 12.1 Å². The van der Waals surface area contributed by atoms with Gasteiger partial charge in [0.2, 0.25) is 0 Å². The third-order valence-corrected chi connectivity index (χ3v) is 3.71. The molecule has 2 unspecified atom stereocenters. The number of rotatable bonds is 5. The van der Waals surface area contributed by atoms with Gasteiger partial charge in [-0.15, -0.1) is 0 Å². The van der Waals surface area contributed by atoms with Crippen LogP contribution in [0.4, 0.5) is 4.79 Å². The Hall–Kier alpha value is -1.26. The van der Waals surface area contributed by atoms with E-state index < -0.39 is 11.5 Å². The first-order chi connectivity index (χ1) is 8.44. The van der Waals surface area contributed by atoms with Gasteiger partial charge in [0.05, 0.1) is 0 Å². The molecule has 0 aromatic heterocycles. The van der Waals surface area contributed by atoms with Crippen molar-refractivity contribution in [2.45, 2.75) is 64.5 Å². The van der Waals surface area contributed by atoms with Crippen molar-refractivity contribution in [3.05, 3.63) is 0 Å². The molecule has 0 spiro atoms. The Morgan fingerprint density at radius 3 is 2.61 bits per heavy atom. The Morgan fingerprint density at radius 2 is 2.11 bits per heavy atom. The molecule has 0 saturated carbocycles. The van der Waals surface area contributed by atoms with Crippen LogP contribution in [-0.2, 0) is 4.79 Å². The minimum atomic E-state index is -1.16. The molecule has 5 heteroatoms. The van der Waals surface area contributed by atoms with Gasteiger partial charge in [0, 0.05) is 12.6 Å². The van der Waals surface area contributed by atoms with Gasteiger partial charge in [0.25, 0.3) is 0 Å². The van der Waals surface area contributed by atoms with Gasteiger partial charge in [0.1, 0.15) is 5.54 Å². The van der Waals surface area contributed by atoms with Gasteiger partial charge in [-0.25, -0.2) is 9.59 Å². The van der Waals surface area contributed by atoms with Gasteiger partial charge >= 0.3 is 12.0 Å². The van der Waals surface area contributed by atoms with Crippen LogP contribution >= 0.6 is 0 Å². The summed E-state index contributed by atoms with van der Waals surface area (Å²) in [6.07, 6.45) is 4.11. The van der Waals surface area contributed by atoms with Crippen LogP contribution in [0.2, 0.25) is 0 Å². The topological polar surface area (TPSA) is 69.6 Å². The zero-order valence-electron chi connectivity index (χ0n) is 11.5. The summed E-state index contributed by atoms with van der Waals surface area (Å²) >= 11 is 0. The van der Waals surface area contributed by atoms with Crippen molar-refractivity contribution < 1.29 is 14.7 Å². The standard InChI is InChI=1S/C13H24N2O3/c1-4-8-13(3,11(16)17)14-12(18)15-9-6-7-10(15)5-2/h10H,4-9H2,1-3H3,(H,14,18)(H,16,17). The third kappa shape index (κ3) is 3.15. The monoisotopic (exact) mass is 256 g/mol. The number of nitrogens with one attached hydrogen (secondary N) is 1. The fraction of sp³-hybridized carbons (Fsp3) is 0.846. The maximum atomic E-state index is 12.2. The minimum absolute atomic E-state index is 0.238. The van der Waals surface area contributed by atoms with Crippen LogP contribution in [0.25, 0.3) is 0 Å². The summed E-state index contributed by atoms with van der Waals surface area (Å²) in [6, 6.07) is 0.0161. The van der Waals surface area contributed by atoms with E-state index in [1.54, 1.807) is 11.8 Å². The number of carboxylic acids is 1. The Balaban J connectivity index is 2.69. The third-order valence-electron chi connectivity index (χ3n) is 3.71. The lowest BCUT2D eigenvalue weighted by atomic mass is 9.96. The summed E-state index contributed by atoms with van der Waals surface area (Å²) in [5.41, 5.74) is -1.16. The average molecular weight is 256 g/mol. The molecule has 1 fully saturated rings. The van der Waals surface area contributed by atoms with Gasteiger partial charge in [-0.05, 0) is 32.6 Å². The molecule has 0 aliphatic carbocycles. The van der Waals surface area contributed by atoms with Crippen molar-refractivity contribution in [3.63, 3.8) is 0 Å². The largest absolute Gasteiger partial charge is 0.480 e. The van der Waals surface area contributed by atoms with Gasteiger partial charge in [-0.2, -0.15) is 0 Å². The zero-order chi connectivity index (χ0) is 13.8. The van der Waals surface area contributed by atoms with Gasteiger partial charge in [-0.3, -0.25) is 0 Å². The van der Waals surface area contributed by atoms with Crippen molar-refractivity contribution in [3.8, 4) is 0 Å². The van der Waals surface area contributed by atoms with E-state index in [1.165, 1.54) is 0 Å². The summed E-state index contributed by atoms with van der Waals surface area (Å²) < 4.78 is 0. The van der Waals surface area contributed by atoms with Crippen LogP contribution in [0.5, 0.6) is 0 Å². The van der Waals surface area contributed by atoms with Crippen molar-refractivity contribution in [2.24, 2.45) is 0 Å². The van der Waals surface area contributed by atoms with Gasteiger partial charge < -0.3 is 15.3 Å². The van der Waals surface area contributed by atoms with Crippen LogP contribution in [0, 0.1) is 0 Å². The van der Waals surface area contributed by atoms with E-state index >= 15 is 0 Å². The van der Waals surface area contributed by atoms with Crippen molar-refractivity contribution >= 4 is 12.0 Å². The van der Waals surface area contributed by atoms with E-state index in [9.17, 15) is 14.7 Å². The highest BCUT2D eigenvalue weighted by Gasteiger charge is 2.37. The fourth-order valence-electron chi connectivity index (χ4n) is 2.56. The quantitative estimate of drug-likeness (QED) is 0.792. The zero-order valence-corrected chi connectivity index (χ0v) is 11.5. The summed E-state index contributed by atoms with van der Waals surface area (Å²) in [4.78, 5) is 25.2. The molecule has 1 aliphatic heterocycles. The molecule has 5 nitrogen and oxygen atoms in total. The fourth-order valence-corrected chi connectivity index (χ4v) is 2.56. The van der Waals surface area contributed by atoms with Crippen molar-refractivity contribution in [1.82, 2.24) is 10.2 Å². The van der Waals surface area contributed by atoms with Gasteiger partial charge in [-0.1, -0.05) is 20.3 Å². The highest BCUT2D eigenvalue weighted by atomic mass is 16.4. The Morgan fingerprint density at radius 1 is 1.44 bits per heavy atom. The Kier molecular flexibility index (Phi) is 4.99. The van der Waals surface area contributed by atoms with E-state index in [1.807, 2.05) is 6.92 Å². The molecule has 2 amide bonds. The number of likely N-dealkylation sites (tertiary alicyclic amines) is 1. The summed E-state index contributed by atoms with van der Waals surface area (Å²) in [7, 11) is 0. The smallest absolute Gasteiger partial charge is 0.329 e. The van der Waals surface area contributed by atoms with Crippen LogP contribution in [0.15, 0.2) is 0 Å². The maximum absolute atomic E-state index is 12.2. The van der Waals surface area contributed by atoms with Crippen LogP contribution in [0.1, 0.15) is 52.9 Å². The van der Waals surface area contributed by atoms with Crippen LogP contribution in [0.3, 0.4) is 0 Å². The minimum Gasteiger partial charge on any atom is -0.480 e. The lowest BCUT2D eigenvalue weighted by Crippen LogP contribution is -2.56. The summed E-state index contributed by atoms with van der Waals surface area (Å²) in [5, 5.41) is 11.9. The molecule has 1 heterocycles. The first-order valence-electron chi connectivity index (χ1n) is 6.76. The first kappa shape index (κ1) is 14.8. The van der Waals surface area contributed by atoms with E-state index in [0.29, 0.717) is 6.42 Å². The molecule has 0 aromatic rings. The molecule has 2 N–H and O–H groups in total. The number of amides is 2. The number of nitrogens with zero attached hydrogens (tertiary/aromatic N) is 1. The Labute approximate surface area is 109 Å². The number of carbonyl (C=O) groups is 2. The number of aliphatic carboxylic acids is 1. The molecule has 1 aliphatic rings. The average Bonchev–Trinajstić information content (AvgIpc) is 2.76. The molecule has 1 saturated heterocycles. The number of carboxylic acid groups (broad SMARTS) is 1. The second kappa shape index (κ2) is 6.07. The van der Waals surface area contributed by atoms with Crippen LogP contribution < -0.4 is 5.32 Å². The Bertz CT molecular complexity index is 319. The normalized spacial score (nSPS) is 22.6. The maximum Gasteiger partial charge on any atom is 0.329 e. The predicted molar refractivity (Wildman–Crippen MR) is 69.5 cm³/mol. The lowest BCUT2D eigenvalue weighted by Gasteiger charge is -2.31. The number of urea groups is 1. The summed E-state index contributed by atoms with van der Waals surface area (Å²) in [5.74, 6) is -0.968. The lowest BCUT2D eigenvalue weighted by molar-refractivity contribution is -0.144. The van der Waals surface area contributed by atoms with Crippen molar-refractivity contribution in [1.29, 1.82) is 0 Å². The van der Waals surface area contributed by atoms with Crippen LogP contribution in [-0.4, -0.2) is 40.1 Å². The molecule has 18 heavy (non-hydrogen) atoms. The second-order valence-corrected chi connectivity index (χ2v) is 5.22. The van der Waals surface area contributed by atoms with E-state index in [4.69, 9.17) is 0 Å². The van der Waals surface area contributed by atoms with E-state index in [0.717, 1.165) is 32.2 Å². The number of hydrogen-bond donors (Lipinski definition) is 2. The number of carbonyl (C=O) groups excluding carboxylic acids is 1. The highest BCUT2D eigenvalue weighted by molar-refractivity contribution is 5.86.